The van der Waals surface area contributed by atoms with Gasteiger partial charge in [0.25, 0.3) is 0 Å². The number of carbonyl (C=O) groups excluding carboxylic acids is 3. The van der Waals surface area contributed by atoms with Crippen molar-refractivity contribution in [3.63, 3.8) is 0 Å². The first-order valence-corrected chi connectivity index (χ1v) is 10.9. The molecule has 4 unspecified atom stereocenters. The van der Waals surface area contributed by atoms with Crippen molar-refractivity contribution in [3.8, 4) is 0 Å². The second kappa shape index (κ2) is 14.6. The van der Waals surface area contributed by atoms with E-state index in [-0.39, 0.29) is 6.42 Å². The molecule has 34 heavy (non-hydrogen) atoms. The van der Waals surface area contributed by atoms with Crippen LogP contribution in [0.4, 0.5) is 0 Å². The van der Waals surface area contributed by atoms with E-state index in [1.54, 1.807) is 30.3 Å². The number of benzene rings is 1. The number of nitrogens with one attached hydrogen (secondary N) is 3. The molecule has 188 valence electrons. The minimum atomic E-state index is -1.56. The van der Waals surface area contributed by atoms with Gasteiger partial charge in [0, 0.05) is 6.42 Å². The van der Waals surface area contributed by atoms with Gasteiger partial charge in [0.1, 0.15) is 18.1 Å². The molecule has 9 N–H and O–H groups in total. The Morgan fingerprint density at radius 3 is 2.03 bits per heavy atom. The maximum absolute atomic E-state index is 13.0. The number of aliphatic carboxylic acids is 2. The molecule has 0 aliphatic heterocycles. The van der Waals surface area contributed by atoms with Gasteiger partial charge in [-0.05, 0) is 31.9 Å². The van der Waals surface area contributed by atoms with Crippen LogP contribution in [0.1, 0.15) is 38.2 Å². The lowest BCUT2D eigenvalue weighted by Crippen LogP contribution is -2.57. The van der Waals surface area contributed by atoms with E-state index in [0.717, 1.165) is 0 Å². The molecule has 12 nitrogen and oxygen atoms in total. The Hall–Kier alpha value is -3.51. The highest BCUT2D eigenvalue weighted by Crippen LogP contribution is 2.06. The van der Waals surface area contributed by atoms with Crippen LogP contribution in [-0.4, -0.2) is 70.6 Å². The number of hydrogen-bond donors (Lipinski definition) is 7. The topological polar surface area (TPSA) is 214 Å². The monoisotopic (exact) mass is 479 g/mol. The molecule has 0 heterocycles. The third kappa shape index (κ3) is 10.4. The van der Waals surface area contributed by atoms with Crippen LogP contribution in [0.25, 0.3) is 0 Å². The molecule has 1 aromatic carbocycles. The van der Waals surface area contributed by atoms with Crippen molar-refractivity contribution >= 4 is 29.7 Å². The highest BCUT2D eigenvalue weighted by molar-refractivity contribution is 5.95. The van der Waals surface area contributed by atoms with Crippen LogP contribution in [0.2, 0.25) is 0 Å². The predicted octanol–water partition coefficient (Wildman–Crippen LogP) is -1.28. The molecule has 1 rings (SSSR count). The first-order valence-electron chi connectivity index (χ1n) is 10.9. The van der Waals surface area contributed by atoms with Gasteiger partial charge in [0.05, 0.1) is 12.5 Å². The molecule has 0 spiro atoms. The van der Waals surface area contributed by atoms with Crippen molar-refractivity contribution in [2.45, 2.75) is 63.2 Å². The summed E-state index contributed by atoms with van der Waals surface area (Å²) in [6.07, 6.45) is 0.953. The summed E-state index contributed by atoms with van der Waals surface area (Å²) in [4.78, 5) is 60.2. The average molecular weight is 480 g/mol. The summed E-state index contributed by atoms with van der Waals surface area (Å²) in [5, 5.41) is 25.1. The van der Waals surface area contributed by atoms with Gasteiger partial charge in [-0.3, -0.25) is 24.0 Å². The molecule has 0 aliphatic carbocycles. The zero-order chi connectivity index (χ0) is 25.7. The summed E-state index contributed by atoms with van der Waals surface area (Å²) >= 11 is 0. The number of carbonyl (C=O) groups is 5. The lowest BCUT2D eigenvalue weighted by atomic mass is 10.0. The van der Waals surface area contributed by atoms with E-state index in [1.165, 1.54) is 6.92 Å². The fraction of sp³-hybridized carbons (Fsp3) is 0.500. The average Bonchev–Trinajstić information content (AvgIpc) is 2.78. The van der Waals surface area contributed by atoms with Gasteiger partial charge in [0.2, 0.25) is 17.7 Å². The molecule has 0 aromatic heterocycles. The van der Waals surface area contributed by atoms with Gasteiger partial charge in [-0.2, -0.15) is 0 Å². The van der Waals surface area contributed by atoms with E-state index >= 15 is 0 Å². The van der Waals surface area contributed by atoms with E-state index in [0.29, 0.717) is 31.4 Å². The summed E-state index contributed by atoms with van der Waals surface area (Å²) < 4.78 is 0. The van der Waals surface area contributed by atoms with Gasteiger partial charge >= 0.3 is 11.9 Å². The number of rotatable bonds is 15. The highest BCUT2D eigenvalue weighted by atomic mass is 16.4. The maximum atomic E-state index is 13.0. The molecular weight excluding hydrogens is 446 g/mol. The quantitative estimate of drug-likeness (QED) is 0.149. The van der Waals surface area contributed by atoms with E-state index in [4.69, 9.17) is 21.7 Å². The molecule has 0 saturated heterocycles. The maximum Gasteiger partial charge on any atom is 0.325 e. The molecule has 0 bridgehead atoms. The Morgan fingerprint density at radius 1 is 0.882 bits per heavy atom. The molecule has 0 saturated carbocycles. The van der Waals surface area contributed by atoms with Crippen LogP contribution >= 0.6 is 0 Å². The van der Waals surface area contributed by atoms with Crippen LogP contribution in [-0.2, 0) is 30.4 Å². The van der Waals surface area contributed by atoms with Crippen molar-refractivity contribution in [2.24, 2.45) is 11.5 Å². The van der Waals surface area contributed by atoms with Gasteiger partial charge in [-0.1, -0.05) is 36.8 Å². The summed E-state index contributed by atoms with van der Waals surface area (Å²) in [5.41, 5.74) is 12.1. The minimum absolute atomic E-state index is 0.0564. The molecule has 0 aliphatic rings. The van der Waals surface area contributed by atoms with Gasteiger partial charge in [-0.15, -0.1) is 0 Å². The third-order valence-electron chi connectivity index (χ3n) is 4.96. The first-order chi connectivity index (χ1) is 16.0. The normalized spacial score (nSPS) is 14.2. The zero-order valence-corrected chi connectivity index (χ0v) is 19.0. The van der Waals surface area contributed by atoms with Crippen molar-refractivity contribution in [3.05, 3.63) is 35.9 Å². The molecular formula is C22H33N5O7. The fourth-order valence-electron chi connectivity index (χ4n) is 3.01. The molecule has 0 fully saturated rings. The molecule has 0 radical (unpaired) electrons. The van der Waals surface area contributed by atoms with Crippen LogP contribution in [0.3, 0.4) is 0 Å². The van der Waals surface area contributed by atoms with E-state index in [2.05, 4.69) is 16.0 Å². The number of carboxylic acids is 2. The standard InChI is InChI=1S/C22H33N5O7/c1-13(22(33)34)25-20(31)17(12-18(28)29)27-21(32)16(11-14-7-3-2-4-8-14)26-19(30)15(24)9-5-6-10-23/h2-4,7-8,13,15-17H,5-6,9-12,23-24H2,1H3,(H,25,31)(H,26,30)(H,27,32)(H,28,29)(H,33,34). The van der Waals surface area contributed by atoms with Gasteiger partial charge in [0.15, 0.2) is 0 Å². The number of unbranched alkanes of at least 4 members (excludes halogenated alkanes) is 1. The molecule has 1 aromatic rings. The molecule has 4 atom stereocenters. The SMILES string of the molecule is CC(NC(=O)C(CC(=O)O)NC(=O)C(Cc1ccccc1)NC(=O)C(N)CCCCN)C(=O)O. The Kier molecular flexibility index (Phi) is 12.2. The van der Waals surface area contributed by atoms with Crippen molar-refractivity contribution in [2.75, 3.05) is 6.54 Å². The third-order valence-corrected chi connectivity index (χ3v) is 4.96. The summed E-state index contributed by atoms with van der Waals surface area (Å²) in [6.45, 7) is 1.66. The van der Waals surface area contributed by atoms with Crippen LogP contribution in [0.15, 0.2) is 30.3 Å². The number of amides is 3. The number of carboxylic acid groups (broad SMARTS) is 2. The zero-order valence-electron chi connectivity index (χ0n) is 19.0. The lowest BCUT2D eigenvalue weighted by molar-refractivity contribution is -0.143. The molecule has 3 amide bonds. The van der Waals surface area contributed by atoms with Gasteiger partial charge in [-0.25, -0.2) is 0 Å². The van der Waals surface area contributed by atoms with Crippen molar-refractivity contribution in [1.29, 1.82) is 0 Å². The van der Waals surface area contributed by atoms with Gasteiger partial charge < -0.3 is 37.6 Å². The largest absolute Gasteiger partial charge is 0.481 e. The molecule has 12 heteroatoms. The van der Waals surface area contributed by atoms with Crippen LogP contribution in [0, 0.1) is 0 Å². The first kappa shape index (κ1) is 28.5. The van der Waals surface area contributed by atoms with Crippen molar-refractivity contribution < 1.29 is 34.2 Å². The Morgan fingerprint density at radius 2 is 1.47 bits per heavy atom. The fourth-order valence-corrected chi connectivity index (χ4v) is 3.01. The van der Waals surface area contributed by atoms with E-state index < -0.39 is 60.2 Å². The van der Waals surface area contributed by atoms with E-state index in [9.17, 15) is 24.0 Å². The highest BCUT2D eigenvalue weighted by Gasteiger charge is 2.30. The predicted molar refractivity (Wildman–Crippen MR) is 122 cm³/mol. The summed E-state index contributed by atoms with van der Waals surface area (Å²) in [7, 11) is 0. The van der Waals surface area contributed by atoms with Crippen LogP contribution in [0.5, 0.6) is 0 Å². The summed E-state index contributed by atoms with van der Waals surface area (Å²) in [5.74, 6) is -5.07. The summed E-state index contributed by atoms with van der Waals surface area (Å²) in [6, 6.07) is 3.86. The minimum Gasteiger partial charge on any atom is -0.481 e. The lowest BCUT2D eigenvalue weighted by Gasteiger charge is -2.24. The second-order valence-electron chi connectivity index (χ2n) is 7.87. The van der Waals surface area contributed by atoms with Crippen molar-refractivity contribution in [1.82, 2.24) is 16.0 Å². The Balaban J connectivity index is 3.01. The second-order valence-corrected chi connectivity index (χ2v) is 7.87. The number of nitrogens with two attached hydrogens (primary N) is 2. The van der Waals surface area contributed by atoms with E-state index in [1.807, 2.05) is 0 Å². The smallest absolute Gasteiger partial charge is 0.325 e. The van der Waals surface area contributed by atoms with Crippen LogP contribution < -0.4 is 27.4 Å². The number of hydrogen-bond acceptors (Lipinski definition) is 7. The Bertz CT molecular complexity index is 849. The Labute approximate surface area is 197 Å².